The summed E-state index contributed by atoms with van der Waals surface area (Å²) in [4.78, 5) is 12.4. The van der Waals surface area contributed by atoms with Gasteiger partial charge in [-0.2, -0.15) is 0 Å². The van der Waals surface area contributed by atoms with Gasteiger partial charge in [-0.15, -0.1) is 11.3 Å². The molecule has 1 atom stereocenters. The Morgan fingerprint density at radius 1 is 1.29 bits per heavy atom. The van der Waals surface area contributed by atoms with Gasteiger partial charge in [-0.05, 0) is 39.4 Å². The predicted octanol–water partition coefficient (Wildman–Crippen LogP) is 5.42. The highest BCUT2D eigenvalue weighted by Gasteiger charge is 2.22. The summed E-state index contributed by atoms with van der Waals surface area (Å²) in [6.07, 6.45) is 0.897. The Balaban J connectivity index is 2.18. The quantitative estimate of drug-likeness (QED) is 0.769. The van der Waals surface area contributed by atoms with E-state index in [0.717, 1.165) is 15.8 Å². The number of benzene rings is 1. The van der Waals surface area contributed by atoms with Crippen LogP contribution >= 0.6 is 27.3 Å². The van der Waals surface area contributed by atoms with E-state index in [1.165, 1.54) is 11.3 Å². The second kappa shape index (κ2) is 6.75. The van der Waals surface area contributed by atoms with E-state index >= 15 is 0 Å². The van der Waals surface area contributed by atoms with Crippen LogP contribution in [0.4, 0.5) is 0 Å². The van der Waals surface area contributed by atoms with E-state index in [9.17, 15) is 4.79 Å². The predicted molar refractivity (Wildman–Crippen MR) is 92.7 cm³/mol. The highest BCUT2D eigenvalue weighted by Crippen LogP contribution is 2.30. The molecule has 0 aliphatic rings. The molecule has 2 aromatic rings. The zero-order chi connectivity index (χ0) is 15.5. The van der Waals surface area contributed by atoms with Gasteiger partial charge in [-0.1, -0.05) is 51.1 Å². The van der Waals surface area contributed by atoms with Crippen molar-refractivity contribution in [3.8, 4) is 0 Å². The topological polar surface area (TPSA) is 29.1 Å². The normalized spacial score (nSPS) is 13.0. The lowest BCUT2D eigenvalue weighted by Gasteiger charge is -2.27. The van der Waals surface area contributed by atoms with Gasteiger partial charge in [-0.3, -0.25) is 4.79 Å². The van der Waals surface area contributed by atoms with Gasteiger partial charge in [0.05, 0.1) is 15.4 Å². The largest absolute Gasteiger partial charge is 0.345 e. The lowest BCUT2D eigenvalue weighted by atomic mass is 9.85. The van der Waals surface area contributed by atoms with Crippen LogP contribution in [0.1, 0.15) is 49.2 Å². The van der Waals surface area contributed by atoms with Crippen molar-refractivity contribution < 1.29 is 4.79 Å². The van der Waals surface area contributed by atoms with E-state index in [-0.39, 0.29) is 17.4 Å². The van der Waals surface area contributed by atoms with E-state index in [2.05, 4.69) is 54.2 Å². The molecule has 0 radical (unpaired) electrons. The first-order valence-corrected chi connectivity index (χ1v) is 8.62. The smallest absolute Gasteiger partial charge is 0.252 e. The van der Waals surface area contributed by atoms with Crippen molar-refractivity contribution in [1.82, 2.24) is 5.32 Å². The SMILES string of the molecule is CC(C)(C)CC(NC(=O)c1csc(Br)c1)c1ccccc1. The molecule has 0 spiro atoms. The number of thiophene rings is 1. The van der Waals surface area contributed by atoms with Crippen LogP contribution in [0.25, 0.3) is 0 Å². The first kappa shape index (κ1) is 16.2. The van der Waals surface area contributed by atoms with Crippen LogP contribution in [0.2, 0.25) is 0 Å². The Morgan fingerprint density at radius 3 is 2.48 bits per heavy atom. The number of hydrogen-bond acceptors (Lipinski definition) is 2. The van der Waals surface area contributed by atoms with Gasteiger partial charge in [-0.25, -0.2) is 0 Å². The van der Waals surface area contributed by atoms with E-state index in [0.29, 0.717) is 5.56 Å². The third-order valence-corrected chi connectivity index (χ3v) is 4.66. The highest BCUT2D eigenvalue weighted by atomic mass is 79.9. The zero-order valence-electron chi connectivity index (χ0n) is 12.5. The van der Waals surface area contributed by atoms with Crippen molar-refractivity contribution >= 4 is 33.2 Å². The van der Waals surface area contributed by atoms with Gasteiger partial charge in [0.15, 0.2) is 0 Å². The summed E-state index contributed by atoms with van der Waals surface area (Å²) in [6.45, 7) is 6.57. The summed E-state index contributed by atoms with van der Waals surface area (Å²) < 4.78 is 0.972. The van der Waals surface area contributed by atoms with Crippen LogP contribution in [-0.4, -0.2) is 5.91 Å². The average molecular weight is 366 g/mol. The maximum absolute atomic E-state index is 12.4. The molecule has 0 saturated carbocycles. The fourth-order valence-corrected chi connectivity index (χ4v) is 3.36. The lowest BCUT2D eigenvalue weighted by Crippen LogP contribution is -2.31. The molecule has 0 fully saturated rings. The Morgan fingerprint density at radius 2 is 1.95 bits per heavy atom. The molecule has 1 unspecified atom stereocenters. The van der Waals surface area contributed by atoms with Gasteiger partial charge >= 0.3 is 0 Å². The molecule has 0 saturated heterocycles. The molecule has 1 amide bonds. The fourth-order valence-electron chi connectivity index (χ4n) is 2.22. The molecule has 0 bridgehead atoms. The molecule has 0 aliphatic carbocycles. The molecule has 0 aliphatic heterocycles. The summed E-state index contributed by atoms with van der Waals surface area (Å²) in [7, 11) is 0. The molecule has 1 N–H and O–H groups in total. The number of nitrogens with one attached hydrogen (secondary N) is 1. The van der Waals surface area contributed by atoms with Crippen LogP contribution < -0.4 is 5.32 Å². The molecule has 4 heteroatoms. The van der Waals surface area contributed by atoms with Gasteiger partial charge in [0, 0.05) is 5.38 Å². The second-order valence-corrected chi connectivity index (χ2v) is 8.63. The zero-order valence-corrected chi connectivity index (χ0v) is 14.9. The molecule has 21 heavy (non-hydrogen) atoms. The molecule has 1 aromatic carbocycles. The molecule has 2 nitrogen and oxygen atoms in total. The number of halogens is 1. The lowest BCUT2D eigenvalue weighted by molar-refractivity contribution is 0.0927. The first-order chi connectivity index (χ1) is 9.85. The Labute approximate surface area is 138 Å². The minimum absolute atomic E-state index is 0.0185. The third-order valence-electron chi connectivity index (χ3n) is 3.15. The molecule has 112 valence electrons. The monoisotopic (exact) mass is 365 g/mol. The summed E-state index contributed by atoms with van der Waals surface area (Å²) in [5.41, 5.74) is 2.00. The Bertz CT molecular complexity index is 601. The Hall–Kier alpha value is -1.13. The number of amides is 1. The van der Waals surface area contributed by atoms with Crippen LogP contribution in [0, 0.1) is 5.41 Å². The number of rotatable bonds is 4. The Kier molecular flexibility index (Phi) is 5.22. The van der Waals surface area contributed by atoms with Crippen LogP contribution in [0.3, 0.4) is 0 Å². The number of carbonyl (C=O) groups excluding carboxylic acids is 1. The van der Waals surface area contributed by atoms with Crippen LogP contribution in [-0.2, 0) is 0 Å². The minimum atomic E-state index is -0.0185. The van der Waals surface area contributed by atoms with E-state index in [1.54, 1.807) is 0 Å². The van der Waals surface area contributed by atoms with Gasteiger partial charge in [0.1, 0.15) is 0 Å². The van der Waals surface area contributed by atoms with Crippen molar-refractivity contribution in [3.05, 3.63) is 56.7 Å². The molecular formula is C17H20BrNOS. The summed E-state index contributed by atoms with van der Waals surface area (Å²) in [6, 6.07) is 12.0. The summed E-state index contributed by atoms with van der Waals surface area (Å²) >= 11 is 4.92. The van der Waals surface area contributed by atoms with E-state index in [4.69, 9.17) is 0 Å². The van der Waals surface area contributed by atoms with Gasteiger partial charge in [0.2, 0.25) is 0 Å². The first-order valence-electron chi connectivity index (χ1n) is 6.95. The molecule has 1 aromatic heterocycles. The number of carbonyl (C=O) groups is 1. The molecular weight excluding hydrogens is 346 g/mol. The fraction of sp³-hybridized carbons (Fsp3) is 0.353. The van der Waals surface area contributed by atoms with E-state index < -0.39 is 0 Å². The second-order valence-electron chi connectivity index (χ2n) is 6.34. The van der Waals surface area contributed by atoms with Gasteiger partial charge < -0.3 is 5.32 Å². The third kappa shape index (κ3) is 4.97. The maximum atomic E-state index is 12.4. The highest BCUT2D eigenvalue weighted by molar-refractivity contribution is 9.11. The van der Waals surface area contributed by atoms with Crippen molar-refractivity contribution in [2.75, 3.05) is 0 Å². The van der Waals surface area contributed by atoms with Crippen molar-refractivity contribution in [1.29, 1.82) is 0 Å². The molecule has 2 rings (SSSR count). The summed E-state index contributed by atoms with van der Waals surface area (Å²) in [5, 5.41) is 5.04. The summed E-state index contributed by atoms with van der Waals surface area (Å²) in [5.74, 6) is -0.0185. The minimum Gasteiger partial charge on any atom is -0.345 e. The number of hydrogen-bond donors (Lipinski definition) is 1. The van der Waals surface area contributed by atoms with Gasteiger partial charge in [0.25, 0.3) is 5.91 Å². The van der Waals surface area contributed by atoms with Crippen molar-refractivity contribution in [2.24, 2.45) is 5.41 Å². The maximum Gasteiger partial charge on any atom is 0.252 e. The van der Waals surface area contributed by atoms with Crippen molar-refractivity contribution in [3.63, 3.8) is 0 Å². The molecule has 1 heterocycles. The van der Waals surface area contributed by atoms with Crippen LogP contribution in [0.5, 0.6) is 0 Å². The van der Waals surface area contributed by atoms with E-state index in [1.807, 2.05) is 29.6 Å². The van der Waals surface area contributed by atoms with Crippen LogP contribution in [0.15, 0.2) is 45.6 Å². The van der Waals surface area contributed by atoms with Crippen molar-refractivity contribution in [2.45, 2.75) is 33.2 Å². The standard InChI is InChI=1S/C17H20BrNOS/c1-17(2,3)10-14(12-7-5-4-6-8-12)19-16(20)13-9-15(18)21-11-13/h4-9,11,14H,10H2,1-3H3,(H,19,20). The average Bonchev–Trinajstić information content (AvgIpc) is 2.84.